The van der Waals surface area contributed by atoms with E-state index in [1.165, 1.54) is 30.0 Å². The predicted molar refractivity (Wildman–Crippen MR) is 76.1 cm³/mol. The van der Waals surface area contributed by atoms with E-state index in [-0.39, 0.29) is 11.3 Å². The van der Waals surface area contributed by atoms with E-state index in [1.807, 2.05) is 6.07 Å². The number of carbonyl (C=O) groups is 1. The van der Waals surface area contributed by atoms with Gasteiger partial charge in [0.1, 0.15) is 0 Å². The number of nitrogens with zero attached hydrogens (tertiary/aromatic N) is 1. The predicted octanol–water partition coefficient (Wildman–Crippen LogP) is 3.59. The van der Waals surface area contributed by atoms with Gasteiger partial charge >= 0.3 is 5.97 Å². The van der Waals surface area contributed by atoms with Gasteiger partial charge in [0.15, 0.2) is 0 Å². The van der Waals surface area contributed by atoms with Crippen LogP contribution in [0.25, 0.3) is 0 Å². The summed E-state index contributed by atoms with van der Waals surface area (Å²) < 4.78 is 0. The number of nitro groups is 1. The Balaban J connectivity index is 2.03. The van der Waals surface area contributed by atoms with E-state index in [0.29, 0.717) is 5.75 Å². The molecule has 5 nitrogen and oxygen atoms in total. The number of benzene rings is 2. The first-order valence-corrected chi connectivity index (χ1v) is 6.74. The van der Waals surface area contributed by atoms with E-state index in [1.54, 1.807) is 24.3 Å². The van der Waals surface area contributed by atoms with Crippen molar-refractivity contribution in [3.8, 4) is 0 Å². The smallest absolute Gasteiger partial charge is 0.335 e. The van der Waals surface area contributed by atoms with Gasteiger partial charge in [-0.1, -0.05) is 18.2 Å². The Kier molecular flexibility index (Phi) is 4.37. The van der Waals surface area contributed by atoms with Crippen LogP contribution in [0.3, 0.4) is 0 Å². The second-order valence-corrected chi connectivity index (χ2v) is 5.09. The largest absolute Gasteiger partial charge is 0.478 e. The van der Waals surface area contributed by atoms with E-state index < -0.39 is 10.9 Å². The Hall–Kier alpha value is -2.34. The fourth-order valence-corrected chi connectivity index (χ4v) is 2.51. The van der Waals surface area contributed by atoms with Crippen molar-refractivity contribution in [1.29, 1.82) is 0 Å². The van der Waals surface area contributed by atoms with E-state index in [0.717, 1.165) is 10.5 Å². The summed E-state index contributed by atoms with van der Waals surface area (Å²) in [7, 11) is 0. The van der Waals surface area contributed by atoms with Crippen molar-refractivity contribution in [3.63, 3.8) is 0 Å². The molecule has 0 saturated heterocycles. The molecule has 1 N–H and O–H groups in total. The van der Waals surface area contributed by atoms with Gasteiger partial charge in [0.05, 0.1) is 10.5 Å². The molecule has 0 aromatic heterocycles. The molecule has 2 aromatic carbocycles. The van der Waals surface area contributed by atoms with Gasteiger partial charge in [0, 0.05) is 22.8 Å². The number of carboxylic acids is 1. The molecule has 20 heavy (non-hydrogen) atoms. The second kappa shape index (κ2) is 6.21. The van der Waals surface area contributed by atoms with E-state index in [4.69, 9.17) is 5.11 Å². The standard InChI is InChI=1S/C14H11NO4S/c16-14(17)11-2-1-3-13(8-11)20-9-10-4-6-12(7-5-10)15(18)19/h1-8H,9H2,(H,16,17). The van der Waals surface area contributed by atoms with Gasteiger partial charge < -0.3 is 5.11 Å². The third-order valence-electron chi connectivity index (χ3n) is 2.63. The number of hydrogen-bond acceptors (Lipinski definition) is 4. The lowest BCUT2D eigenvalue weighted by atomic mass is 10.2. The SMILES string of the molecule is O=C(O)c1cccc(SCc2ccc([N+](=O)[O-])cc2)c1. The van der Waals surface area contributed by atoms with Crippen LogP contribution in [-0.4, -0.2) is 16.0 Å². The van der Waals surface area contributed by atoms with Crippen molar-refractivity contribution in [3.05, 3.63) is 69.8 Å². The highest BCUT2D eigenvalue weighted by Gasteiger charge is 2.06. The highest BCUT2D eigenvalue weighted by molar-refractivity contribution is 7.98. The Bertz CT molecular complexity index is 640. The summed E-state index contributed by atoms with van der Waals surface area (Å²) in [5, 5.41) is 19.4. The maximum atomic E-state index is 10.9. The van der Waals surface area contributed by atoms with Crippen LogP contribution in [0.1, 0.15) is 15.9 Å². The van der Waals surface area contributed by atoms with Crippen molar-refractivity contribution in [2.45, 2.75) is 10.6 Å². The van der Waals surface area contributed by atoms with Gasteiger partial charge in [-0.25, -0.2) is 4.79 Å². The lowest BCUT2D eigenvalue weighted by Gasteiger charge is -2.03. The molecule has 6 heteroatoms. The summed E-state index contributed by atoms with van der Waals surface area (Å²) in [4.78, 5) is 21.8. The number of nitro benzene ring substituents is 1. The van der Waals surface area contributed by atoms with Gasteiger partial charge in [0.2, 0.25) is 0 Å². The van der Waals surface area contributed by atoms with E-state index in [2.05, 4.69) is 0 Å². The first-order valence-electron chi connectivity index (χ1n) is 5.76. The molecule has 0 aliphatic heterocycles. The second-order valence-electron chi connectivity index (χ2n) is 4.05. The first kappa shape index (κ1) is 14.1. The Labute approximate surface area is 119 Å². The number of rotatable bonds is 5. The van der Waals surface area contributed by atoms with Crippen molar-refractivity contribution in [1.82, 2.24) is 0 Å². The highest BCUT2D eigenvalue weighted by Crippen LogP contribution is 2.24. The van der Waals surface area contributed by atoms with Crippen LogP contribution in [0, 0.1) is 10.1 Å². The summed E-state index contributed by atoms with van der Waals surface area (Å²) in [5.41, 5.74) is 1.26. The molecule has 0 spiro atoms. The fourth-order valence-electron chi connectivity index (χ4n) is 1.60. The Morgan fingerprint density at radius 3 is 2.50 bits per heavy atom. The molecule has 0 amide bonds. The molecule has 0 heterocycles. The third-order valence-corrected chi connectivity index (χ3v) is 3.70. The van der Waals surface area contributed by atoms with Crippen LogP contribution in [-0.2, 0) is 5.75 Å². The minimum absolute atomic E-state index is 0.0617. The van der Waals surface area contributed by atoms with Crippen LogP contribution in [0.5, 0.6) is 0 Å². The van der Waals surface area contributed by atoms with E-state index >= 15 is 0 Å². The summed E-state index contributed by atoms with van der Waals surface area (Å²) >= 11 is 1.49. The first-order chi connectivity index (χ1) is 9.56. The zero-order valence-electron chi connectivity index (χ0n) is 10.4. The number of aromatic carboxylic acids is 1. The maximum Gasteiger partial charge on any atom is 0.335 e. The highest BCUT2D eigenvalue weighted by atomic mass is 32.2. The number of thioether (sulfide) groups is 1. The molecule has 0 unspecified atom stereocenters. The molecule has 2 rings (SSSR count). The molecule has 0 saturated carbocycles. The molecule has 0 atom stereocenters. The van der Waals surface area contributed by atoms with Crippen LogP contribution < -0.4 is 0 Å². The Morgan fingerprint density at radius 1 is 1.20 bits per heavy atom. The zero-order chi connectivity index (χ0) is 14.5. The van der Waals surface area contributed by atoms with Gasteiger partial charge in [-0.3, -0.25) is 10.1 Å². The lowest BCUT2D eigenvalue weighted by Crippen LogP contribution is -1.95. The molecular weight excluding hydrogens is 278 g/mol. The van der Waals surface area contributed by atoms with Gasteiger partial charge in [-0.2, -0.15) is 0 Å². The molecular formula is C14H11NO4S. The number of carboxylic acid groups (broad SMARTS) is 1. The normalized spacial score (nSPS) is 10.2. The summed E-state index contributed by atoms with van der Waals surface area (Å²) in [6.07, 6.45) is 0. The minimum Gasteiger partial charge on any atom is -0.478 e. The lowest BCUT2D eigenvalue weighted by molar-refractivity contribution is -0.384. The van der Waals surface area contributed by atoms with Gasteiger partial charge in [-0.15, -0.1) is 11.8 Å². The summed E-state index contributed by atoms with van der Waals surface area (Å²) in [6, 6.07) is 13.0. The minimum atomic E-state index is -0.956. The van der Waals surface area contributed by atoms with Crippen molar-refractivity contribution in [2.75, 3.05) is 0 Å². The summed E-state index contributed by atoms with van der Waals surface area (Å²) in [6.45, 7) is 0. The number of non-ortho nitro benzene ring substituents is 1. The Morgan fingerprint density at radius 2 is 1.90 bits per heavy atom. The van der Waals surface area contributed by atoms with Crippen molar-refractivity contribution >= 4 is 23.4 Å². The molecule has 0 radical (unpaired) electrons. The number of hydrogen-bond donors (Lipinski definition) is 1. The molecule has 0 aliphatic carbocycles. The molecule has 2 aromatic rings. The average molecular weight is 289 g/mol. The monoisotopic (exact) mass is 289 g/mol. The third kappa shape index (κ3) is 3.58. The van der Waals surface area contributed by atoms with Gasteiger partial charge in [0.25, 0.3) is 5.69 Å². The fraction of sp³-hybridized carbons (Fsp3) is 0.0714. The average Bonchev–Trinajstić information content (AvgIpc) is 2.46. The molecule has 102 valence electrons. The quantitative estimate of drug-likeness (QED) is 0.517. The van der Waals surface area contributed by atoms with Crippen LogP contribution in [0.4, 0.5) is 5.69 Å². The van der Waals surface area contributed by atoms with E-state index in [9.17, 15) is 14.9 Å². The molecule has 0 bridgehead atoms. The maximum absolute atomic E-state index is 10.9. The molecule has 0 fully saturated rings. The van der Waals surface area contributed by atoms with Crippen LogP contribution in [0.2, 0.25) is 0 Å². The van der Waals surface area contributed by atoms with Crippen molar-refractivity contribution < 1.29 is 14.8 Å². The van der Waals surface area contributed by atoms with Crippen LogP contribution >= 0.6 is 11.8 Å². The topological polar surface area (TPSA) is 80.4 Å². The van der Waals surface area contributed by atoms with Crippen molar-refractivity contribution in [2.24, 2.45) is 0 Å². The van der Waals surface area contributed by atoms with Gasteiger partial charge in [-0.05, 0) is 23.8 Å². The molecule has 0 aliphatic rings. The van der Waals surface area contributed by atoms with Crippen LogP contribution in [0.15, 0.2) is 53.4 Å². The zero-order valence-corrected chi connectivity index (χ0v) is 11.2. The summed E-state index contributed by atoms with van der Waals surface area (Å²) in [5.74, 6) is -0.330.